The number of thiophene rings is 1. The zero-order valence-electron chi connectivity index (χ0n) is 11.7. The van der Waals surface area contributed by atoms with Gasteiger partial charge in [0, 0.05) is 23.4 Å². The lowest BCUT2D eigenvalue weighted by atomic mass is 10.2. The van der Waals surface area contributed by atoms with Gasteiger partial charge in [-0.1, -0.05) is 0 Å². The van der Waals surface area contributed by atoms with Crippen molar-refractivity contribution in [1.82, 2.24) is 0 Å². The summed E-state index contributed by atoms with van der Waals surface area (Å²) < 4.78 is 0. The number of anilines is 1. The molecule has 0 amide bonds. The molecule has 0 aliphatic carbocycles. The van der Waals surface area contributed by atoms with Crippen molar-refractivity contribution in [2.45, 2.75) is 6.54 Å². The van der Waals surface area contributed by atoms with Crippen molar-refractivity contribution in [3.63, 3.8) is 0 Å². The summed E-state index contributed by atoms with van der Waals surface area (Å²) in [6.07, 6.45) is 0. The lowest BCUT2D eigenvalue weighted by molar-refractivity contribution is -0.914. The van der Waals surface area contributed by atoms with Crippen LogP contribution in [0.1, 0.15) is 5.56 Å². The molecule has 3 rings (SSSR count). The lowest BCUT2D eigenvalue weighted by Crippen LogP contribution is -3.13. The van der Waals surface area contributed by atoms with Crippen molar-refractivity contribution in [1.29, 1.82) is 0 Å². The number of hydrogen-bond acceptors (Lipinski definition) is 4. The van der Waals surface area contributed by atoms with Gasteiger partial charge in [-0.3, -0.25) is 10.1 Å². The van der Waals surface area contributed by atoms with E-state index in [0.717, 1.165) is 38.4 Å². The van der Waals surface area contributed by atoms with Crippen molar-refractivity contribution in [2.75, 3.05) is 31.1 Å². The Bertz CT molecular complexity index is 590. The summed E-state index contributed by atoms with van der Waals surface area (Å²) in [4.78, 5) is 14.2. The molecule has 0 radical (unpaired) electrons. The number of quaternary nitrogens is 1. The highest BCUT2D eigenvalue weighted by atomic mass is 32.1. The standard InChI is InChI=1S/C15H17N3O2S/c19-18(20)15-3-1-14(2-4-15)17-8-6-16(7-9-17)11-13-5-10-21-12-13/h1-5,10,12H,6-9,11H2/p+1. The number of non-ortho nitro benzene ring substituents is 1. The van der Waals surface area contributed by atoms with Crippen molar-refractivity contribution >= 4 is 22.7 Å². The highest BCUT2D eigenvalue weighted by Crippen LogP contribution is 2.19. The molecular formula is C15H18N3O2S+. The molecule has 6 heteroatoms. The van der Waals surface area contributed by atoms with E-state index in [2.05, 4.69) is 21.7 Å². The fraction of sp³-hybridized carbons (Fsp3) is 0.333. The average molecular weight is 304 g/mol. The van der Waals surface area contributed by atoms with Crippen LogP contribution >= 0.6 is 11.3 Å². The van der Waals surface area contributed by atoms with Gasteiger partial charge in [0.15, 0.2) is 0 Å². The quantitative estimate of drug-likeness (QED) is 0.689. The van der Waals surface area contributed by atoms with Crippen molar-refractivity contribution in [3.8, 4) is 0 Å². The minimum atomic E-state index is -0.354. The summed E-state index contributed by atoms with van der Waals surface area (Å²) in [5.41, 5.74) is 2.65. The fourth-order valence-electron chi connectivity index (χ4n) is 2.73. The number of nitro groups is 1. The van der Waals surface area contributed by atoms with Crippen LogP contribution in [0.25, 0.3) is 0 Å². The molecule has 0 spiro atoms. The van der Waals surface area contributed by atoms with Gasteiger partial charge >= 0.3 is 0 Å². The van der Waals surface area contributed by atoms with Crippen LogP contribution in [0.3, 0.4) is 0 Å². The average Bonchev–Trinajstić information content (AvgIpc) is 3.01. The number of hydrogen-bond donors (Lipinski definition) is 1. The van der Waals surface area contributed by atoms with Gasteiger partial charge in [0.2, 0.25) is 0 Å². The summed E-state index contributed by atoms with van der Waals surface area (Å²) in [5, 5.41) is 15.0. The molecule has 1 saturated heterocycles. The molecule has 0 unspecified atom stereocenters. The summed E-state index contributed by atoms with van der Waals surface area (Å²) in [6.45, 7) is 5.30. The zero-order chi connectivity index (χ0) is 14.7. The van der Waals surface area contributed by atoms with Gasteiger partial charge in [-0.25, -0.2) is 0 Å². The molecule has 0 bridgehead atoms. The molecule has 2 heterocycles. The van der Waals surface area contributed by atoms with Crippen molar-refractivity contribution < 1.29 is 9.82 Å². The Hall–Kier alpha value is -1.92. The van der Waals surface area contributed by atoms with E-state index in [0.29, 0.717) is 0 Å². The van der Waals surface area contributed by atoms with E-state index < -0.39 is 0 Å². The van der Waals surface area contributed by atoms with Crippen LogP contribution in [-0.4, -0.2) is 31.1 Å². The van der Waals surface area contributed by atoms with Crippen molar-refractivity contribution in [2.24, 2.45) is 0 Å². The molecule has 1 N–H and O–H groups in total. The number of nitrogens with one attached hydrogen (secondary N) is 1. The maximum Gasteiger partial charge on any atom is 0.269 e. The molecule has 2 aromatic rings. The van der Waals surface area contributed by atoms with Gasteiger partial charge in [-0.2, -0.15) is 11.3 Å². The van der Waals surface area contributed by atoms with Crippen LogP contribution in [0.4, 0.5) is 11.4 Å². The first-order valence-corrected chi connectivity index (χ1v) is 8.01. The van der Waals surface area contributed by atoms with Crippen LogP contribution in [0.2, 0.25) is 0 Å². The molecule has 1 fully saturated rings. The molecular weight excluding hydrogens is 286 g/mol. The highest BCUT2D eigenvalue weighted by Gasteiger charge is 2.20. The Morgan fingerprint density at radius 1 is 1.19 bits per heavy atom. The molecule has 1 aliphatic rings. The molecule has 0 atom stereocenters. The maximum absolute atomic E-state index is 10.7. The first kappa shape index (κ1) is 14.0. The summed E-state index contributed by atoms with van der Waals surface area (Å²) in [7, 11) is 0. The number of nitro benzene ring substituents is 1. The predicted octanol–water partition coefficient (Wildman–Crippen LogP) is 1.56. The predicted molar refractivity (Wildman–Crippen MR) is 84.0 cm³/mol. The largest absolute Gasteiger partial charge is 0.360 e. The van der Waals surface area contributed by atoms with Crippen LogP contribution in [0.15, 0.2) is 41.1 Å². The Morgan fingerprint density at radius 2 is 1.90 bits per heavy atom. The van der Waals surface area contributed by atoms with E-state index in [4.69, 9.17) is 0 Å². The Morgan fingerprint density at radius 3 is 2.48 bits per heavy atom. The van der Waals surface area contributed by atoms with E-state index in [1.807, 2.05) is 12.1 Å². The van der Waals surface area contributed by atoms with Gasteiger partial charge < -0.3 is 9.80 Å². The highest BCUT2D eigenvalue weighted by molar-refractivity contribution is 7.07. The number of rotatable bonds is 4. The number of nitrogens with zero attached hydrogens (tertiary/aromatic N) is 2. The normalized spacial score (nSPS) is 16.1. The smallest absolute Gasteiger partial charge is 0.269 e. The summed E-state index contributed by atoms with van der Waals surface area (Å²) in [6, 6.07) is 9.06. The molecule has 5 nitrogen and oxygen atoms in total. The van der Waals surface area contributed by atoms with E-state index >= 15 is 0 Å². The Balaban J connectivity index is 1.56. The monoisotopic (exact) mass is 304 g/mol. The van der Waals surface area contributed by atoms with Gasteiger partial charge in [-0.05, 0) is 29.0 Å². The van der Waals surface area contributed by atoms with Crippen LogP contribution in [-0.2, 0) is 6.54 Å². The molecule has 1 aromatic carbocycles. The number of benzene rings is 1. The molecule has 110 valence electrons. The topological polar surface area (TPSA) is 50.8 Å². The second-order valence-electron chi connectivity index (χ2n) is 5.32. The second kappa shape index (κ2) is 6.24. The molecule has 1 aliphatic heterocycles. The third kappa shape index (κ3) is 3.40. The molecule has 0 saturated carbocycles. The van der Waals surface area contributed by atoms with Crippen LogP contribution in [0.5, 0.6) is 0 Å². The molecule has 21 heavy (non-hydrogen) atoms. The summed E-state index contributed by atoms with van der Waals surface area (Å²) in [5.74, 6) is 0. The third-order valence-corrected chi connectivity index (χ3v) is 4.66. The van der Waals surface area contributed by atoms with E-state index in [1.165, 1.54) is 5.56 Å². The lowest BCUT2D eigenvalue weighted by Gasteiger charge is -2.33. The summed E-state index contributed by atoms with van der Waals surface area (Å²) >= 11 is 1.75. The van der Waals surface area contributed by atoms with E-state index in [-0.39, 0.29) is 10.6 Å². The van der Waals surface area contributed by atoms with E-state index in [1.54, 1.807) is 28.4 Å². The van der Waals surface area contributed by atoms with Gasteiger partial charge in [0.1, 0.15) is 6.54 Å². The maximum atomic E-state index is 10.7. The Kier molecular flexibility index (Phi) is 4.17. The number of piperazine rings is 1. The van der Waals surface area contributed by atoms with E-state index in [9.17, 15) is 10.1 Å². The Labute approximate surface area is 127 Å². The van der Waals surface area contributed by atoms with Crippen LogP contribution < -0.4 is 9.80 Å². The zero-order valence-corrected chi connectivity index (χ0v) is 12.5. The second-order valence-corrected chi connectivity index (χ2v) is 6.10. The third-order valence-electron chi connectivity index (χ3n) is 3.93. The van der Waals surface area contributed by atoms with Crippen LogP contribution in [0, 0.1) is 10.1 Å². The van der Waals surface area contributed by atoms with Gasteiger partial charge in [0.25, 0.3) is 5.69 Å². The minimum absolute atomic E-state index is 0.153. The molecule has 1 aromatic heterocycles. The van der Waals surface area contributed by atoms with Gasteiger partial charge in [0.05, 0.1) is 31.1 Å². The fourth-order valence-corrected chi connectivity index (χ4v) is 3.39. The first-order valence-electron chi connectivity index (χ1n) is 7.06. The first-order chi connectivity index (χ1) is 10.2. The minimum Gasteiger partial charge on any atom is -0.360 e. The van der Waals surface area contributed by atoms with Crippen molar-refractivity contribution in [3.05, 3.63) is 56.8 Å². The van der Waals surface area contributed by atoms with Gasteiger partial charge in [-0.15, -0.1) is 0 Å². The SMILES string of the molecule is O=[N+]([O-])c1ccc(N2CC[NH+](Cc3ccsc3)CC2)cc1.